The Morgan fingerprint density at radius 2 is 2.24 bits per heavy atom. The molecule has 1 heterocycles. The summed E-state index contributed by atoms with van der Waals surface area (Å²) in [5.74, 6) is -0.294. The number of fused-ring (bicyclic) bond motifs is 1. The number of carbonyl (C=O) groups is 2. The van der Waals surface area contributed by atoms with Crippen LogP contribution in [0.1, 0.15) is 29.6 Å². The molecular formula is C14H15N3O3S. The van der Waals surface area contributed by atoms with Crippen LogP contribution in [0.25, 0.3) is 11.1 Å². The van der Waals surface area contributed by atoms with Gasteiger partial charge in [-0.1, -0.05) is 0 Å². The van der Waals surface area contributed by atoms with Crippen molar-refractivity contribution in [3.8, 4) is 0 Å². The van der Waals surface area contributed by atoms with E-state index in [2.05, 4.69) is 10.3 Å². The molecule has 0 aliphatic heterocycles. The fraction of sp³-hybridized carbons (Fsp3) is 0.357. The molecule has 1 atom stereocenters. The van der Waals surface area contributed by atoms with Gasteiger partial charge in [0.05, 0.1) is 5.52 Å². The van der Waals surface area contributed by atoms with Crippen molar-refractivity contribution in [3.05, 3.63) is 28.6 Å². The maximum atomic E-state index is 12.3. The summed E-state index contributed by atoms with van der Waals surface area (Å²) < 4.78 is 5.29. The fourth-order valence-electron chi connectivity index (χ4n) is 2.39. The van der Waals surface area contributed by atoms with Gasteiger partial charge in [-0.15, -0.1) is 0 Å². The molecule has 0 saturated heterocycles. The molecule has 21 heavy (non-hydrogen) atoms. The normalized spacial score (nSPS) is 15.8. The number of carbonyl (C=O) groups excluding carboxylic acids is 2. The fourth-order valence-corrected chi connectivity index (χ4v) is 2.59. The van der Waals surface area contributed by atoms with Gasteiger partial charge in [-0.25, -0.2) is 0 Å². The molecule has 0 radical (unpaired) electrons. The molecule has 2 amide bonds. The lowest BCUT2D eigenvalue weighted by molar-refractivity contribution is -0.118. The highest BCUT2D eigenvalue weighted by molar-refractivity contribution is 7.71. The van der Waals surface area contributed by atoms with Gasteiger partial charge in [0, 0.05) is 18.0 Å². The number of hydrogen-bond acceptors (Lipinski definition) is 4. The molecule has 4 N–H and O–H groups in total. The lowest BCUT2D eigenvalue weighted by Crippen LogP contribution is -2.39. The Morgan fingerprint density at radius 3 is 2.90 bits per heavy atom. The molecule has 1 fully saturated rings. The van der Waals surface area contributed by atoms with Crippen LogP contribution in [0, 0.1) is 10.8 Å². The van der Waals surface area contributed by atoms with Crippen LogP contribution < -0.4 is 11.1 Å². The SMILES string of the molecule is NC(=O)CC(NC(=O)c1ccc2[nH]c(=S)oc2c1)C1CC1. The van der Waals surface area contributed by atoms with Gasteiger partial charge in [0.15, 0.2) is 5.58 Å². The molecule has 110 valence electrons. The van der Waals surface area contributed by atoms with Crippen molar-refractivity contribution in [3.63, 3.8) is 0 Å². The van der Waals surface area contributed by atoms with Gasteiger partial charge in [-0.2, -0.15) is 0 Å². The highest BCUT2D eigenvalue weighted by Gasteiger charge is 2.33. The number of H-pyrrole nitrogens is 1. The number of rotatable bonds is 5. The van der Waals surface area contributed by atoms with Crippen LogP contribution in [0.15, 0.2) is 22.6 Å². The van der Waals surface area contributed by atoms with Crippen LogP contribution in [-0.4, -0.2) is 22.8 Å². The number of hydrogen-bond donors (Lipinski definition) is 3. The number of primary amides is 1. The molecule has 0 spiro atoms. The molecule has 1 aliphatic carbocycles. The highest BCUT2D eigenvalue weighted by Crippen LogP contribution is 2.34. The number of nitrogens with two attached hydrogens (primary N) is 1. The van der Waals surface area contributed by atoms with Crippen LogP contribution >= 0.6 is 12.2 Å². The second-order valence-electron chi connectivity index (χ2n) is 5.31. The van der Waals surface area contributed by atoms with E-state index in [1.54, 1.807) is 18.2 Å². The van der Waals surface area contributed by atoms with Gasteiger partial charge in [-0.3, -0.25) is 9.59 Å². The predicted molar refractivity (Wildman–Crippen MR) is 79.2 cm³/mol. The van der Waals surface area contributed by atoms with Gasteiger partial charge in [0.25, 0.3) is 10.7 Å². The second-order valence-corrected chi connectivity index (χ2v) is 5.68. The van der Waals surface area contributed by atoms with E-state index in [4.69, 9.17) is 22.4 Å². The smallest absolute Gasteiger partial charge is 0.266 e. The van der Waals surface area contributed by atoms with E-state index < -0.39 is 5.91 Å². The summed E-state index contributed by atoms with van der Waals surface area (Å²) in [6, 6.07) is 4.87. The molecule has 1 aromatic heterocycles. The zero-order valence-electron chi connectivity index (χ0n) is 11.2. The summed E-state index contributed by atoms with van der Waals surface area (Å²) in [7, 11) is 0. The van der Waals surface area contributed by atoms with E-state index in [0.717, 1.165) is 18.4 Å². The first kappa shape index (κ1) is 13.8. The zero-order valence-corrected chi connectivity index (χ0v) is 12.0. The minimum Gasteiger partial charge on any atom is -0.429 e. The summed E-state index contributed by atoms with van der Waals surface area (Å²) >= 11 is 4.91. The molecule has 2 aromatic rings. The third-order valence-electron chi connectivity index (χ3n) is 3.61. The number of aromatic amines is 1. The number of aromatic nitrogens is 1. The molecule has 1 unspecified atom stereocenters. The van der Waals surface area contributed by atoms with Crippen molar-refractivity contribution >= 4 is 35.1 Å². The number of benzene rings is 1. The van der Waals surface area contributed by atoms with Crippen LogP contribution in [0.2, 0.25) is 0 Å². The van der Waals surface area contributed by atoms with Gasteiger partial charge < -0.3 is 20.5 Å². The predicted octanol–water partition coefficient (Wildman–Crippen LogP) is 1.87. The van der Waals surface area contributed by atoms with E-state index in [0.29, 0.717) is 17.1 Å². The quantitative estimate of drug-likeness (QED) is 0.734. The van der Waals surface area contributed by atoms with E-state index in [9.17, 15) is 9.59 Å². The molecule has 1 aromatic carbocycles. The zero-order chi connectivity index (χ0) is 15.0. The van der Waals surface area contributed by atoms with E-state index in [-0.39, 0.29) is 23.2 Å². The highest BCUT2D eigenvalue weighted by atomic mass is 32.1. The van der Waals surface area contributed by atoms with Gasteiger partial charge in [0.2, 0.25) is 5.91 Å². The summed E-state index contributed by atoms with van der Waals surface area (Å²) in [5, 5.41) is 2.88. The molecule has 0 bridgehead atoms. The van der Waals surface area contributed by atoms with E-state index >= 15 is 0 Å². The molecule has 3 rings (SSSR count). The first-order valence-corrected chi connectivity index (χ1v) is 7.16. The Labute approximate surface area is 125 Å². The molecule has 6 nitrogen and oxygen atoms in total. The Bertz CT molecular complexity index is 760. The monoisotopic (exact) mass is 305 g/mol. The largest absolute Gasteiger partial charge is 0.429 e. The summed E-state index contributed by atoms with van der Waals surface area (Å²) in [4.78, 5) is 26.5. The lowest BCUT2D eigenvalue weighted by Gasteiger charge is -2.16. The van der Waals surface area contributed by atoms with Crippen molar-refractivity contribution in [2.45, 2.75) is 25.3 Å². The van der Waals surface area contributed by atoms with E-state index in [1.807, 2.05) is 0 Å². The third-order valence-corrected chi connectivity index (χ3v) is 3.80. The molecule has 7 heteroatoms. The van der Waals surface area contributed by atoms with Crippen molar-refractivity contribution < 1.29 is 14.0 Å². The maximum Gasteiger partial charge on any atom is 0.266 e. The third kappa shape index (κ3) is 3.13. The molecular weight excluding hydrogens is 290 g/mol. The van der Waals surface area contributed by atoms with Crippen molar-refractivity contribution in [2.75, 3.05) is 0 Å². The lowest BCUT2D eigenvalue weighted by atomic mass is 10.1. The van der Waals surface area contributed by atoms with Crippen LogP contribution in [0.4, 0.5) is 0 Å². The molecule has 1 aliphatic rings. The second kappa shape index (κ2) is 5.33. The summed E-state index contributed by atoms with van der Waals surface area (Å²) in [5.41, 5.74) is 6.97. The van der Waals surface area contributed by atoms with Gasteiger partial charge in [0.1, 0.15) is 0 Å². The summed E-state index contributed by atoms with van der Waals surface area (Å²) in [6.45, 7) is 0. The topological polar surface area (TPSA) is 101 Å². The maximum absolute atomic E-state index is 12.3. The summed E-state index contributed by atoms with van der Waals surface area (Å²) in [6.07, 6.45) is 2.21. The number of oxazole rings is 1. The first-order valence-electron chi connectivity index (χ1n) is 6.75. The van der Waals surface area contributed by atoms with Crippen LogP contribution in [-0.2, 0) is 4.79 Å². The Hall–Kier alpha value is -2.15. The van der Waals surface area contributed by atoms with Crippen molar-refractivity contribution in [1.29, 1.82) is 0 Å². The van der Waals surface area contributed by atoms with Crippen LogP contribution in [0.5, 0.6) is 0 Å². The van der Waals surface area contributed by atoms with Gasteiger partial charge in [-0.05, 0) is 49.2 Å². The average Bonchev–Trinajstić information content (AvgIpc) is 3.18. The van der Waals surface area contributed by atoms with Crippen molar-refractivity contribution in [1.82, 2.24) is 10.3 Å². The molecule has 1 saturated carbocycles. The van der Waals surface area contributed by atoms with Crippen molar-refractivity contribution in [2.24, 2.45) is 11.7 Å². The van der Waals surface area contributed by atoms with E-state index in [1.165, 1.54) is 0 Å². The van der Waals surface area contributed by atoms with Gasteiger partial charge >= 0.3 is 0 Å². The average molecular weight is 305 g/mol. The Morgan fingerprint density at radius 1 is 1.48 bits per heavy atom. The first-order chi connectivity index (χ1) is 10.0. The minimum absolute atomic E-state index is 0.170. The Kier molecular flexibility index (Phi) is 3.50. The minimum atomic E-state index is -0.404. The number of amides is 2. The number of nitrogens with one attached hydrogen (secondary N) is 2. The standard InChI is InChI=1S/C14H15N3O3S/c15-12(18)6-10(7-1-2-7)16-13(19)8-3-4-9-11(5-8)20-14(21)17-9/h3-5,7,10H,1-2,6H2,(H2,15,18)(H,16,19)(H,17,21). The van der Waals surface area contributed by atoms with Crippen LogP contribution in [0.3, 0.4) is 0 Å². The Balaban J connectivity index is 1.78.